The lowest BCUT2D eigenvalue weighted by molar-refractivity contribution is 0.171. The van der Waals surface area contributed by atoms with Gasteiger partial charge in [-0.3, -0.25) is 4.90 Å². The first-order valence-electron chi connectivity index (χ1n) is 13.3. The first-order valence-corrected chi connectivity index (χ1v) is 13.3. The molecule has 4 heteroatoms. The molecule has 1 aromatic rings. The van der Waals surface area contributed by atoms with Crippen LogP contribution in [0.3, 0.4) is 0 Å². The van der Waals surface area contributed by atoms with Gasteiger partial charge in [0.2, 0.25) is 0 Å². The van der Waals surface area contributed by atoms with Crippen LogP contribution in [0.2, 0.25) is 0 Å². The molecule has 0 N–H and O–H groups in total. The number of rotatable bonds is 16. The van der Waals surface area contributed by atoms with E-state index in [1.165, 1.54) is 120 Å². The van der Waals surface area contributed by atoms with Crippen LogP contribution in [0.5, 0.6) is 5.75 Å². The van der Waals surface area contributed by atoms with Gasteiger partial charge in [0.1, 0.15) is 5.75 Å². The lowest BCUT2D eigenvalue weighted by Crippen LogP contribution is -2.26. The second-order valence-corrected chi connectivity index (χ2v) is 9.77. The molecule has 1 saturated heterocycles. The van der Waals surface area contributed by atoms with E-state index in [0.29, 0.717) is 11.8 Å². The van der Waals surface area contributed by atoms with Gasteiger partial charge in [0.15, 0.2) is 0 Å². The van der Waals surface area contributed by atoms with E-state index in [9.17, 15) is 4.79 Å². The van der Waals surface area contributed by atoms with Crippen molar-refractivity contribution in [1.82, 2.24) is 9.80 Å². The maximum atomic E-state index is 11.9. The van der Waals surface area contributed by atoms with E-state index in [1.54, 1.807) is 14.1 Å². The number of likely N-dealkylation sites (tertiary alicyclic amines) is 1. The van der Waals surface area contributed by atoms with Crippen molar-refractivity contribution in [2.75, 3.05) is 27.2 Å². The van der Waals surface area contributed by atoms with Gasteiger partial charge in [0.05, 0.1) is 0 Å². The Hall–Kier alpha value is -1.55. The number of hydrogen-bond donors (Lipinski definition) is 0. The fourth-order valence-electron chi connectivity index (χ4n) is 4.77. The Balaban J connectivity index is 1.71. The minimum absolute atomic E-state index is 0.319. The maximum Gasteiger partial charge on any atom is 0.414 e. The third-order valence-electron chi connectivity index (χ3n) is 6.73. The van der Waals surface area contributed by atoms with Gasteiger partial charge < -0.3 is 9.64 Å². The molecule has 0 radical (unpaired) electrons. The molecule has 1 amide bonds. The van der Waals surface area contributed by atoms with Gasteiger partial charge in [-0.05, 0) is 50.0 Å². The SMILES string of the molecule is CCCCCCCCCCCCCCC(c1cccc(OC(=O)N(C)C)c1)N1CCCC1. The first-order chi connectivity index (χ1) is 15.6. The summed E-state index contributed by atoms with van der Waals surface area (Å²) in [7, 11) is 3.43. The predicted molar refractivity (Wildman–Crippen MR) is 135 cm³/mol. The summed E-state index contributed by atoms with van der Waals surface area (Å²) in [4.78, 5) is 16.0. The molecular weight excluding hydrogens is 396 g/mol. The van der Waals surface area contributed by atoms with Crippen molar-refractivity contribution in [3.8, 4) is 5.75 Å². The van der Waals surface area contributed by atoms with Crippen molar-refractivity contribution in [2.45, 2.75) is 109 Å². The molecule has 1 aliphatic heterocycles. The van der Waals surface area contributed by atoms with E-state index in [2.05, 4.69) is 24.0 Å². The number of benzene rings is 1. The quantitative estimate of drug-likeness (QED) is 0.242. The Labute approximate surface area is 197 Å². The van der Waals surface area contributed by atoms with E-state index in [0.717, 1.165) is 0 Å². The second-order valence-electron chi connectivity index (χ2n) is 9.77. The number of carbonyl (C=O) groups is 1. The molecule has 0 spiro atoms. The summed E-state index contributed by atoms with van der Waals surface area (Å²) in [5, 5.41) is 0. The molecule has 182 valence electrons. The van der Waals surface area contributed by atoms with Crippen LogP contribution in [0.4, 0.5) is 4.79 Å². The minimum atomic E-state index is -0.319. The van der Waals surface area contributed by atoms with Crippen LogP contribution in [0.15, 0.2) is 24.3 Å². The van der Waals surface area contributed by atoms with Crippen LogP contribution in [-0.4, -0.2) is 43.1 Å². The van der Waals surface area contributed by atoms with Gasteiger partial charge in [0.25, 0.3) is 0 Å². The van der Waals surface area contributed by atoms with E-state index in [-0.39, 0.29) is 6.09 Å². The zero-order valence-corrected chi connectivity index (χ0v) is 21.1. The van der Waals surface area contributed by atoms with Gasteiger partial charge in [-0.25, -0.2) is 4.79 Å². The molecule has 0 aliphatic carbocycles. The summed E-state index contributed by atoms with van der Waals surface area (Å²) in [6.07, 6.45) is 20.1. The molecule has 1 heterocycles. The molecular formula is C28H48N2O2. The Morgan fingerprint density at radius 2 is 1.47 bits per heavy atom. The number of hydrogen-bond acceptors (Lipinski definition) is 3. The van der Waals surface area contributed by atoms with Crippen molar-refractivity contribution in [3.63, 3.8) is 0 Å². The van der Waals surface area contributed by atoms with Crippen molar-refractivity contribution < 1.29 is 9.53 Å². The smallest absolute Gasteiger partial charge is 0.410 e. The number of nitrogens with zero attached hydrogens (tertiary/aromatic N) is 2. The minimum Gasteiger partial charge on any atom is -0.410 e. The second kappa shape index (κ2) is 16.1. The molecule has 2 rings (SSSR count). The van der Waals surface area contributed by atoms with Crippen LogP contribution in [0.1, 0.15) is 115 Å². The number of carbonyl (C=O) groups excluding carboxylic acids is 1. The monoisotopic (exact) mass is 444 g/mol. The van der Waals surface area contributed by atoms with Gasteiger partial charge in [-0.2, -0.15) is 0 Å². The van der Waals surface area contributed by atoms with E-state index < -0.39 is 0 Å². The molecule has 1 fully saturated rings. The normalized spacial score (nSPS) is 15.1. The van der Waals surface area contributed by atoms with Crippen molar-refractivity contribution in [2.24, 2.45) is 0 Å². The van der Waals surface area contributed by atoms with E-state index >= 15 is 0 Å². The Bertz CT molecular complexity index is 626. The lowest BCUT2D eigenvalue weighted by atomic mass is 9.98. The van der Waals surface area contributed by atoms with Crippen LogP contribution < -0.4 is 4.74 Å². The molecule has 1 aliphatic rings. The average molecular weight is 445 g/mol. The predicted octanol–water partition coefficient (Wildman–Crippen LogP) is 7.98. The average Bonchev–Trinajstić information content (AvgIpc) is 3.31. The Kier molecular flexibility index (Phi) is 13.5. The summed E-state index contributed by atoms with van der Waals surface area (Å²) in [5.41, 5.74) is 1.29. The molecule has 0 aromatic heterocycles. The topological polar surface area (TPSA) is 32.8 Å². The zero-order chi connectivity index (χ0) is 23.0. The van der Waals surface area contributed by atoms with Crippen LogP contribution in [-0.2, 0) is 0 Å². The highest BCUT2D eigenvalue weighted by atomic mass is 16.6. The summed E-state index contributed by atoms with van der Waals surface area (Å²) in [6.45, 7) is 4.66. The van der Waals surface area contributed by atoms with Crippen LogP contribution in [0.25, 0.3) is 0 Å². The number of ether oxygens (including phenoxy) is 1. The summed E-state index contributed by atoms with van der Waals surface area (Å²) >= 11 is 0. The molecule has 1 unspecified atom stereocenters. The number of amides is 1. The van der Waals surface area contributed by atoms with Crippen molar-refractivity contribution in [3.05, 3.63) is 29.8 Å². The molecule has 0 saturated carbocycles. The lowest BCUT2D eigenvalue weighted by Gasteiger charge is -2.28. The van der Waals surface area contributed by atoms with Crippen LogP contribution in [0, 0.1) is 0 Å². The van der Waals surface area contributed by atoms with Gasteiger partial charge >= 0.3 is 6.09 Å². The highest BCUT2D eigenvalue weighted by Crippen LogP contribution is 2.32. The highest BCUT2D eigenvalue weighted by Gasteiger charge is 2.23. The van der Waals surface area contributed by atoms with Gasteiger partial charge in [-0.1, -0.05) is 96.1 Å². The summed E-state index contributed by atoms with van der Waals surface area (Å²) in [6, 6.07) is 8.63. The Morgan fingerprint density at radius 3 is 2.03 bits per heavy atom. The summed E-state index contributed by atoms with van der Waals surface area (Å²) in [5.74, 6) is 0.653. The largest absolute Gasteiger partial charge is 0.414 e. The molecule has 32 heavy (non-hydrogen) atoms. The Morgan fingerprint density at radius 1 is 0.906 bits per heavy atom. The maximum absolute atomic E-state index is 11.9. The third kappa shape index (κ3) is 10.4. The molecule has 0 bridgehead atoms. The first kappa shape index (κ1) is 26.7. The highest BCUT2D eigenvalue weighted by molar-refractivity contribution is 5.70. The van der Waals surface area contributed by atoms with Gasteiger partial charge in [0, 0.05) is 20.1 Å². The zero-order valence-electron chi connectivity index (χ0n) is 21.1. The fraction of sp³-hybridized carbons (Fsp3) is 0.750. The van der Waals surface area contributed by atoms with Gasteiger partial charge in [-0.15, -0.1) is 0 Å². The van der Waals surface area contributed by atoms with Crippen molar-refractivity contribution >= 4 is 6.09 Å². The van der Waals surface area contributed by atoms with Crippen LogP contribution >= 0.6 is 0 Å². The molecule has 4 nitrogen and oxygen atoms in total. The van der Waals surface area contributed by atoms with E-state index in [1.807, 2.05) is 12.1 Å². The number of unbranched alkanes of at least 4 members (excludes halogenated alkanes) is 11. The fourth-order valence-corrected chi connectivity index (χ4v) is 4.77. The standard InChI is InChI=1S/C28H48N2O2/c1-4-5-6-7-8-9-10-11-12-13-14-15-21-27(30-22-16-17-23-30)25-19-18-20-26(24-25)32-28(31)29(2)3/h18-20,24,27H,4-17,21-23H2,1-3H3. The van der Waals surface area contributed by atoms with Crippen molar-refractivity contribution in [1.29, 1.82) is 0 Å². The summed E-state index contributed by atoms with van der Waals surface area (Å²) < 4.78 is 5.51. The van der Waals surface area contributed by atoms with E-state index in [4.69, 9.17) is 4.74 Å². The molecule has 1 atom stereocenters. The third-order valence-corrected chi connectivity index (χ3v) is 6.73. The molecule has 1 aromatic carbocycles.